The molecular formula is C24H22F4N6O3. The molecular weight excluding hydrogens is 496 g/mol. The minimum atomic E-state index is -4.68. The minimum absolute atomic E-state index is 0.256. The van der Waals surface area contributed by atoms with Gasteiger partial charge in [-0.05, 0) is 35.9 Å². The van der Waals surface area contributed by atoms with Gasteiger partial charge in [-0.25, -0.2) is 18.7 Å². The van der Waals surface area contributed by atoms with E-state index >= 15 is 0 Å². The number of anilines is 3. The van der Waals surface area contributed by atoms with Crippen LogP contribution in [0.15, 0.2) is 55.0 Å². The van der Waals surface area contributed by atoms with Crippen molar-refractivity contribution in [1.29, 1.82) is 0 Å². The van der Waals surface area contributed by atoms with Crippen LogP contribution in [0.2, 0.25) is 0 Å². The zero-order valence-electron chi connectivity index (χ0n) is 19.5. The average Bonchev–Trinajstić information content (AvgIpc) is 3.22. The molecule has 0 atom stereocenters. The summed E-state index contributed by atoms with van der Waals surface area (Å²) in [5.41, 5.74) is 7.57. The van der Waals surface area contributed by atoms with E-state index in [2.05, 4.69) is 20.7 Å². The highest BCUT2D eigenvalue weighted by Gasteiger charge is 2.31. The van der Waals surface area contributed by atoms with E-state index in [0.29, 0.717) is 42.6 Å². The molecule has 4 rings (SSSR count). The van der Waals surface area contributed by atoms with Crippen molar-refractivity contribution in [1.82, 2.24) is 14.6 Å². The lowest BCUT2D eigenvalue weighted by molar-refractivity contribution is -0.137. The van der Waals surface area contributed by atoms with Crippen molar-refractivity contribution in [3.8, 4) is 11.1 Å². The molecule has 0 saturated carbocycles. The SMILES string of the molecule is COCCOCc1cn2ncnc(N)c2c1-c1ccc(NC(=O)Nc2cc(C(F)(F)F)ccc2F)cc1. The number of hydrogen-bond donors (Lipinski definition) is 3. The summed E-state index contributed by atoms with van der Waals surface area (Å²) < 4.78 is 64.9. The van der Waals surface area contributed by atoms with Crippen molar-refractivity contribution >= 4 is 28.7 Å². The number of methoxy groups -OCH3 is 1. The number of alkyl halides is 3. The molecule has 2 aromatic carbocycles. The Bertz CT molecular complexity index is 1410. The molecule has 2 amide bonds. The molecule has 4 aromatic rings. The van der Waals surface area contributed by atoms with Crippen molar-refractivity contribution in [2.45, 2.75) is 12.8 Å². The lowest BCUT2D eigenvalue weighted by Crippen LogP contribution is -2.20. The Balaban J connectivity index is 1.54. The van der Waals surface area contributed by atoms with Crippen LogP contribution in [0.3, 0.4) is 0 Å². The van der Waals surface area contributed by atoms with Crippen LogP contribution in [0, 0.1) is 5.82 Å². The zero-order valence-corrected chi connectivity index (χ0v) is 19.5. The van der Waals surface area contributed by atoms with Crippen LogP contribution in [0.4, 0.5) is 39.5 Å². The first-order chi connectivity index (χ1) is 17.7. The van der Waals surface area contributed by atoms with Crippen LogP contribution in [-0.4, -0.2) is 41.0 Å². The van der Waals surface area contributed by atoms with Gasteiger partial charge in [0.05, 0.1) is 31.1 Å². The van der Waals surface area contributed by atoms with Crippen LogP contribution < -0.4 is 16.4 Å². The maximum Gasteiger partial charge on any atom is 0.416 e. The Hall–Kier alpha value is -4.23. The molecule has 2 heterocycles. The van der Waals surface area contributed by atoms with E-state index in [1.165, 1.54) is 6.33 Å². The monoisotopic (exact) mass is 518 g/mol. The highest BCUT2D eigenvalue weighted by atomic mass is 19.4. The number of ether oxygens (including phenoxy) is 2. The molecule has 37 heavy (non-hydrogen) atoms. The maximum atomic E-state index is 13.9. The summed E-state index contributed by atoms with van der Waals surface area (Å²) in [4.78, 5) is 16.4. The molecule has 0 aliphatic rings. The fourth-order valence-corrected chi connectivity index (χ4v) is 3.64. The van der Waals surface area contributed by atoms with Crippen molar-refractivity contribution in [2.75, 3.05) is 36.7 Å². The molecule has 0 spiro atoms. The van der Waals surface area contributed by atoms with Crippen LogP contribution in [0.5, 0.6) is 0 Å². The first-order valence-electron chi connectivity index (χ1n) is 10.9. The largest absolute Gasteiger partial charge is 0.416 e. The first kappa shape index (κ1) is 25.9. The fraction of sp³-hybridized carbons (Fsp3) is 0.208. The van der Waals surface area contributed by atoms with Gasteiger partial charge in [-0.15, -0.1) is 0 Å². The molecule has 0 radical (unpaired) electrons. The Morgan fingerprint density at radius 1 is 1.11 bits per heavy atom. The summed E-state index contributed by atoms with van der Waals surface area (Å²) in [6.45, 7) is 1.07. The first-order valence-corrected chi connectivity index (χ1v) is 10.9. The van der Waals surface area contributed by atoms with E-state index in [0.717, 1.165) is 16.7 Å². The van der Waals surface area contributed by atoms with Gasteiger partial charge in [-0.2, -0.15) is 18.3 Å². The third kappa shape index (κ3) is 5.95. The summed E-state index contributed by atoms with van der Waals surface area (Å²) in [7, 11) is 1.57. The summed E-state index contributed by atoms with van der Waals surface area (Å²) in [6.07, 6.45) is -1.57. The molecule has 9 nitrogen and oxygen atoms in total. The summed E-state index contributed by atoms with van der Waals surface area (Å²) in [5, 5.41) is 8.77. The molecule has 0 aliphatic heterocycles. The van der Waals surface area contributed by atoms with Crippen LogP contribution >= 0.6 is 0 Å². The molecule has 0 fully saturated rings. The number of nitrogens with two attached hydrogens (primary N) is 1. The van der Waals surface area contributed by atoms with E-state index < -0.39 is 29.3 Å². The van der Waals surface area contributed by atoms with E-state index in [1.807, 2.05) is 0 Å². The van der Waals surface area contributed by atoms with Gasteiger partial charge in [-0.3, -0.25) is 0 Å². The number of rotatable bonds is 8. The van der Waals surface area contributed by atoms with E-state index in [4.69, 9.17) is 15.2 Å². The summed E-state index contributed by atoms with van der Waals surface area (Å²) >= 11 is 0. The van der Waals surface area contributed by atoms with Crippen molar-refractivity contribution in [3.63, 3.8) is 0 Å². The minimum Gasteiger partial charge on any atom is -0.382 e. The van der Waals surface area contributed by atoms with Gasteiger partial charge < -0.3 is 25.8 Å². The molecule has 4 N–H and O–H groups in total. The van der Waals surface area contributed by atoms with Crippen molar-refractivity contribution < 1.29 is 31.8 Å². The van der Waals surface area contributed by atoms with Gasteiger partial charge in [0, 0.05) is 30.1 Å². The highest BCUT2D eigenvalue weighted by Crippen LogP contribution is 2.34. The molecule has 0 aliphatic carbocycles. The lowest BCUT2D eigenvalue weighted by Gasteiger charge is -2.12. The predicted octanol–water partition coefficient (Wildman–Crippen LogP) is 4.94. The number of benzene rings is 2. The normalized spacial score (nSPS) is 11.6. The topological polar surface area (TPSA) is 116 Å². The van der Waals surface area contributed by atoms with E-state index in [1.54, 1.807) is 42.1 Å². The number of fused-ring (bicyclic) bond motifs is 1. The molecule has 13 heteroatoms. The quantitative estimate of drug-likeness (QED) is 0.225. The fourth-order valence-electron chi connectivity index (χ4n) is 3.64. The summed E-state index contributed by atoms with van der Waals surface area (Å²) in [5.74, 6) is -0.739. The van der Waals surface area contributed by atoms with Gasteiger partial charge in [0.1, 0.15) is 17.7 Å². The molecule has 194 valence electrons. The van der Waals surface area contributed by atoms with Gasteiger partial charge in [0.25, 0.3) is 0 Å². The number of hydrogen-bond acceptors (Lipinski definition) is 6. The Kier molecular flexibility index (Phi) is 7.55. The smallest absolute Gasteiger partial charge is 0.382 e. The van der Waals surface area contributed by atoms with E-state index in [-0.39, 0.29) is 12.4 Å². The van der Waals surface area contributed by atoms with Gasteiger partial charge >= 0.3 is 12.2 Å². The lowest BCUT2D eigenvalue weighted by atomic mass is 10.0. The Morgan fingerprint density at radius 2 is 1.86 bits per heavy atom. The second kappa shape index (κ2) is 10.8. The molecule has 0 unspecified atom stereocenters. The highest BCUT2D eigenvalue weighted by molar-refractivity contribution is 6.00. The number of nitrogens with one attached hydrogen (secondary N) is 2. The van der Waals surface area contributed by atoms with E-state index in [9.17, 15) is 22.4 Å². The number of carbonyl (C=O) groups is 1. The number of halogens is 4. The second-order valence-electron chi connectivity index (χ2n) is 7.86. The zero-order chi connectivity index (χ0) is 26.6. The number of aromatic nitrogens is 3. The molecule has 0 bridgehead atoms. The standard InChI is InChI=1S/C24H22F4N6O3/c1-36-8-9-37-12-15-11-34-21(22(29)30-13-31-34)20(15)14-2-5-17(6-3-14)32-23(35)33-19-10-16(24(26,27)28)4-7-18(19)25/h2-7,10-11,13H,8-9,12H2,1H3,(H2,29,30,31)(H2,32,33,35). The molecule has 2 aromatic heterocycles. The molecule has 0 saturated heterocycles. The Morgan fingerprint density at radius 3 is 2.57 bits per heavy atom. The number of urea groups is 1. The maximum absolute atomic E-state index is 13.9. The predicted molar refractivity (Wildman–Crippen MR) is 128 cm³/mol. The Labute approximate surface area is 208 Å². The van der Waals surface area contributed by atoms with Crippen molar-refractivity contribution in [2.24, 2.45) is 0 Å². The summed E-state index contributed by atoms with van der Waals surface area (Å²) in [6, 6.07) is 7.43. The van der Waals surface area contributed by atoms with Crippen LogP contribution in [0.1, 0.15) is 11.1 Å². The second-order valence-corrected chi connectivity index (χ2v) is 7.86. The number of nitrogen functional groups attached to an aromatic ring is 1. The van der Waals surface area contributed by atoms with Gasteiger partial charge in [0.15, 0.2) is 5.82 Å². The third-order valence-electron chi connectivity index (χ3n) is 5.34. The number of carbonyl (C=O) groups excluding carboxylic acids is 1. The van der Waals surface area contributed by atoms with Crippen molar-refractivity contribution in [3.05, 3.63) is 71.9 Å². The van der Waals surface area contributed by atoms with Gasteiger partial charge in [0.2, 0.25) is 0 Å². The van der Waals surface area contributed by atoms with Gasteiger partial charge in [-0.1, -0.05) is 12.1 Å². The third-order valence-corrected chi connectivity index (χ3v) is 5.34. The average molecular weight is 518 g/mol. The van der Waals surface area contributed by atoms with Crippen LogP contribution in [-0.2, 0) is 22.3 Å². The number of amides is 2. The number of nitrogens with zero attached hydrogens (tertiary/aromatic N) is 3. The van der Waals surface area contributed by atoms with Crippen LogP contribution in [0.25, 0.3) is 16.6 Å².